The molecule has 0 spiro atoms. The standard InChI is InChI=1S/C15H22O4/c1-3-4-5-10-18-11-12(2)19-15(17)13-6-8-14(16)9-7-13/h6-9,12,16H,3-5,10-11H2,1-2H3. The zero-order valence-corrected chi connectivity index (χ0v) is 11.6. The van der Waals surface area contributed by atoms with Gasteiger partial charge in [-0.25, -0.2) is 4.79 Å². The fourth-order valence-electron chi connectivity index (χ4n) is 1.59. The molecule has 0 fully saturated rings. The van der Waals surface area contributed by atoms with Crippen LogP contribution in [0.4, 0.5) is 0 Å². The molecule has 19 heavy (non-hydrogen) atoms. The van der Waals surface area contributed by atoms with Gasteiger partial charge in [0.2, 0.25) is 0 Å². The normalized spacial score (nSPS) is 12.1. The molecule has 106 valence electrons. The van der Waals surface area contributed by atoms with Crippen molar-refractivity contribution >= 4 is 5.97 Å². The van der Waals surface area contributed by atoms with Gasteiger partial charge in [-0.2, -0.15) is 0 Å². The third-order valence-corrected chi connectivity index (χ3v) is 2.66. The second-order valence-electron chi connectivity index (χ2n) is 4.54. The average molecular weight is 266 g/mol. The number of ether oxygens (including phenoxy) is 2. The van der Waals surface area contributed by atoms with Gasteiger partial charge in [-0.15, -0.1) is 0 Å². The number of esters is 1. The molecular formula is C15H22O4. The van der Waals surface area contributed by atoms with Gasteiger partial charge in [0.1, 0.15) is 11.9 Å². The molecule has 1 atom stereocenters. The number of carbonyl (C=O) groups excluding carboxylic acids is 1. The molecule has 0 radical (unpaired) electrons. The molecule has 1 N–H and O–H groups in total. The van der Waals surface area contributed by atoms with Gasteiger partial charge in [-0.05, 0) is 37.6 Å². The largest absolute Gasteiger partial charge is 0.508 e. The van der Waals surface area contributed by atoms with E-state index in [1.54, 1.807) is 6.92 Å². The van der Waals surface area contributed by atoms with E-state index in [0.717, 1.165) is 19.3 Å². The average Bonchev–Trinajstić information content (AvgIpc) is 2.39. The van der Waals surface area contributed by atoms with Crippen LogP contribution in [0, 0.1) is 0 Å². The van der Waals surface area contributed by atoms with Crippen LogP contribution in [-0.2, 0) is 9.47 Å². The summed E-state index contributed by atoms with van der Waals surface area (Å²) >= 11 is 0. The smallest absolute Gasteiger partial charge is 0.338 e. The summed E-state index contributed by atoms with van der Waals surface area (Å²) in [6, 6.07) is 5.99. The van der Waals surface area contributed by atoms with Crippen molar-refractivity contribution in [3.8, 4) is 5.75 Å². The predicted octanol–water partition coefficient (Wildman–Crippen LogP) is 3.14. The summed E-state index contributed by atoms with van der Waals surface area (Å²) in [4.78, 5) is 11.7. The van der Waals surface area contributed by atoms with E-state index < -0.39 is 5.97 Å². The Bertz CT molecular complexity index is 372. The molecule has 0 saturated carbocycles. The molecule has 0 saturated heterocycles. The van der Waals surface area contributed by atoms with Crippen molar-refractivity contribution in [1.29, 1.82) is 0 Å². The summed E-state index contributed by atoms with van der Waals surface area (Å²) in [7, 11) is 0. The van der Waals surface area contributed by atoms with E-state index in [2.05, 4.69) is 6.92 Å². The van der Waals surface area contributed by atoms with Crippen molar-refractivity contribution in [1.82, 2.24) is 0 Å². The van der Waals surface area contributed by atoms with Crippen LogP contribution < -0.4 is 0 Å². The Balaban J connectivity index is 2.26. The van der Waals surface area contributed by atoms with Crippen molar-refractivity contribution < 1.29 is 19.4 Å². The van der Waals surface area contributed by atoms with Crippen molar-refractivity contribution in [2.75, 3.05) is 13.2 Å². The quantitative estimate of drug-likeness (QED) is 0.580. The Labute approximate surface area is 114 Å². The molecule has 4 nitrogen and oxygen atoms in total. The fourth-order valence-corrected chi connectivity index (χ4v) is 1.59. The van der Waals surface area contributed by atoms with Crippen molar-refractivity contribution in [3.63, 3.8) is 0 Å². The second kappa shape index (κ2) is 8.53. The minimum Gasteiger partial charge on any atom is -0.508 e. The second-order valence-corrected chi connectivity index (χ2v) is 4.54. The number of unbranched alkanes of at least 4 members (excludes halogenated alkanes) is 2. The van der Waals surface area contributed by atoms with Gasteiger partial charge in [0.25, 0.3) is 0 Å². The number of hydrogen-bond acceptors (Lipinski definition) is 4. The molecule has 0 bridgehead atoms. The van der Waals surface area contributed by atoms with Crippen LogP contribution in [0.15, 0.2) is 24.3 Å². The summed E-state index contributed by atoms with van der Waals surface area (Å²) in [5, 5.41) is 9.14. The lowest BCUT2D eigenvalue weighted by Crippen LogP contribution is -2.20. The minimum absolute atomic E-state index is 0.129. The molecule has 0 aliphatic carbocycles. The summed E-state index contributed by atoms with van der Waals surface area (Å²) in [6.07, 6.45) is 3.08. The van der Waals surface area contributed by atoms with Crippen molar-refractivity contribution in [3.05, 3.63) is 29.8 Å². The Morgan fingerprint density at radius 2 is 1.95 bits per heavy atom. The summed E-state index contributed by atoms with van der Waals surface area (Å²) in [6.45, 7) is 5.06. The third kappa shape index (κ3) is 6.25. The van der Waals surface area contributed by atoms with E-state index in [1.807, 2.05) is 0 Å². The summed E-state index contributed by atoms with van der Waals surface area (Å²) in [5.41, 5.74) is 0.427. The number of rotatable bonds is 8. The highest BCUT2D eigenvalue weighted by Gasteiger charge is 2.11. The van der Waals surface area contributed by atoms with Gasteiger partial charge < -0.3 is 14.6 Å². The first-order chi connectivity index (χ1) is 9.13. The maximum absolute atomic E-state index is 11.7. The molecule has 0 aliphatic rings. The van der Waals surface area contributed by atoms with Crippen LogP contribution in [0.1, 0.15) is 43.5 Å². The Kier molecular flexibility index (Phi) is 6.97. The van der Waals surface area contributed by atoms with Gasteiger partial charge in [0.05, 0.1) is 12.2 Å². The van der Waals surface area contributed by atoms with Gasteiger partial charge >= 0.3 is 5.97 Å². The van der Waals surface area contributed by atoms with E-state index in [9.17, 15) is 4.79 Å². The monoisotopic (exact) mass is 266 g/mol. The zero-order chi connectivity index (χ0) is 14.1. The summed E-state index contributed by atoms with van der Waals surface area (Å²) < 4.78 is 10.7. The molecule has 0 amide bonds. The number of benzene rings is 1. The van der Waals surface area contributed by atoms with E-state index in [1.165, 1.54) is 24.3 Å². The van der Waals surface area contributed by atoms with E-state index >= 15 is 0 Å². The lowest BCUT2D eigenvalue weighted by molar-refractivity contribution is 0.00156. The first-order valence-electron chi connectivity index (χ1n) is 6.71. The molecule has 1 rings (SSSR count). The highest BCUT2D eigenvalue weighted by molar-refractivity contribution is 5.89. The zero-order valence-electron chi connectivity index (χ0n) is 11.6. The van der Waals surface area contributed by atoms with E-state index in [0.29, 0.717) is 18.8 Å². The van der Waals surface area contributed by atoms with Crippen LogP contribution in [0.25, 0.3) is 0 Å². The minimum atomic E-state index is -0.398. The molecular weight excluding hydrogens is 244 g/mol. The lowest BCUT2D eigenvalue weighted by Gasteiger charge is -2.13. The first kappa shape index (κ1) is 15.5. The molecule has 1 aromatic rings. The van der Waals surface area contributed by atoms with Gasteiger partial charge in [0, 0.05) is 6.61 Å². The number of aromatic hydroxyl groups is 1. The molecule has 0 heterocycles. The van der Waals surface area contributed by atoms with Gasteiger partial charge in [0.15, 0.2) is 0 Å². The fraction of sp³-hybridized carbons (Fsp3) is 0.533. The van der Waals surface area contributed by atoms with Gasteiger partial charge in [-0.1, -0.05) is 19.8 Å². The first-order valence-corrected chi connectivity index (χ1v) is 6.71. The van der Waals surface area contributed by atoms with Crippen LogP contribution in [0.5, 0.6) is 5.75 Å². The molecule has 1 aromatic carbocycles. The van der Waals surface area contributed by atoms with E-state index in [4.69, 9.17) is 14.6 Å². The topological polar surface area (TPSA) is 55.8 Å². The highest BCUT2D eigenvalue weighted by Crippen LogP contribution is 2.11. The number of carbonyl (C=O) groups is 1. The van der Waals surface area contributed by atoms with Crippen molar-refractivity contribution in [2.45, 2.75) is 39.2 Å². The van der Waals surface area contributed by atoms with Crippen LogP contribution in [0.3, 0.4) is 0 Å². The Morgan fingerprint density at radius 1 is 1.26 bits per heavy atom. The third-order valence-electron chi connectivity index (χ3n) is 2.66. The lowest BCUT2D eigenvalue weighted by atomic mass is 10.2. The highest BCUT2D eigenvalue weighted by atomic mass is 16.6. The number of phenols is 1. The van der Waals surface area contributed by atoms with Crippen molar-refractivity contribution in [2.24, 2.45) is 0 Å². The van der Waals surface area contributed by atoms with E-state index in [-0.39, 0.29) is 11.9 Å². The molecule has 0 aliphatic heterocycles. The Hall–Kier alpha value is -1.55. The van der Waals surface area contributed by atoms with Gasteiger partial charge in [-0.3, -0.25) is 0 Å². The van der Waals surface area contributed by atoms with Crippen LogP contribution >= 0.6 is 0 Å². The number of phenolic OH excluding ortho intramolecular Hbond substituents is 1. The Morgan fingerprint density at radius 3 is 2.58 bits per heavy atom. The maximum atomic E-state index is 11.7. The number of hydrogen-bond donors (Lipinski definition) is 1. The summed E-state index contributed by atoms with van der Waals surface area (Å²) in [5.74, 6) is -0.270. The van der Waals surface area contributed by atoms with Crippen LogP contribution in [0.2, 0.25) is 0 Å². The van der Waals surface area contributed by atoms with Crippen LogP contribution in [-0.4, -0.2) is 30.4 Å². The molecule has 1 unspecified atom stereocenters. The molecule has 0 aromatic heterocycles. The maximum Gasteiger partial charge on any atom is 0.338 e. The predicted molar refractivity (Wildman–Crippen MR) is 73.3 cm³/mol. The molecule has 4 heteroatoms. The SMILES string of the molecule is CCCCCOCC(C)OC(=O)c1ccc(O)cc1.